The van der Waals surface area contributed by atoms with Crippen molar-refractivity contribution in [2.24, 2.45) is 7.05 Å². The van der Waals surface area contributed by atoms with Crippen LogP contribution in [0.4, 0.5) is 0 Å². The highest BCUT2D eigenvalue weighted by Crippen LogP contribution is 2.31. The number of carbonyl (C=O) groups is 1. The van der Waals surface area contributed by atoms with E-state index in [2.05, 4.69) is 10.3 Å². The third-order valence-corrected chi connectivity index (χ3v) is 5.01. The summed E-state index contributed by atoms with van der Waals surface area (Å²) in [4.78, 5) is 18.9. The van der Waals surface area contributed by atoms with Crippen LogP contribution in [0.2, 0.25) is 10.0 Å². The predicted molar refractivity (Wildman–Crippen MR) is 97.1 cm³/mol. The van der Waals surface area contributed by atoms with Gasteiger partial charge >= 0.3 is 0 Å². The van der Waals surface area contributed by atoms with Gasteiger partial charge in [0.25, 0.3) is 0 Å². The van der Waals surface area contributed by atoms with Crippen molar-refractivity contribution in [1.29, 1.82) is 0 Å². The summed E-state index contributed by atoms with van der Waals surface area (Å²) in [7, 11) is 1.93. The van der Waals surface area contributed by atoms with E-state index >= 15 is 0 Å². The molecule has 1 fully saturated rings. The highest BCUT2D eigenvalue weighted by molar-refractivity contribution is 6.42. The van der Waals surface area contributed by atoms with Crippen molar-refractivity contribution in [3.63, 3.8) is 0 Å². The van der Waals surface area contributed by atoms with Crippen LogP contribution in [0.25, 0.3) is 0 Å². The van der Waals surface area contributed by atoms with Crippen LogP contribution in [0.1, 0.15) is 18.3 Å². The summed E-state index contributed by atoms with van der Waals surface area (Å²) in [6.45, 7) is 2.36. The third kappa shape index (κ3) is 4.08. The lowest BCUT2D eigenvalue weighted by atomic mass is 10.1. The van der Waals surface area contributed by atoms with E-state index in [-0.39, 0.29) is 25.0 Å². The Hall–Kier alpha value is -1.76. The van der Waals surface area contributed by atoms with Crippen molar-refractivity contribution in [3.8, 4) is 5.75 Å². The second-order valence-electron chi connectivity index (χ2n) is 5.85. The fraction of sp³-hybridized carbons (Fsp3) is 0.412. The number of aromatic nitrogens is 2. The van der Waals surface area contributed by atoms with Gasteiger partial charge in [0.15, 0.2) is 0 Å². The molecule has 8 heteroatoms. The number of nitrogens with one attached hydrogen (secondary N) is 1. The average molecular weight is 383 g/mol. The van der Waals surface area contributed by atoms with Crippen LogP contribution >= 0.6 is 23.2 Å². The molecule has 1 saturated heterocycles. The minimum Gasteiger partial charge on any atom is -0.491 e. The highest BCUT2D eigenvalue weighted by Gasteiger charge is 2.30. The number of aryl methyl sites for hydroxylation is 1. The lowest BCUT2D eigenvalue weighted by Gasteiger charge is -2.35. The molecule has 2 aromatic rings. The maximum absolute atomic E-state index is 12.7. The van der Waals surface area contributed by atoms with Gasteiger partial charge in [0, 0.05) is 39.1 Å². The van der Waals surface area contributed by atoms with Gasteiger partial charge in [0.1, 0.15) is 22.6 Å². The first-order valence-electron chi connectivity index (χ1n) is 8.12. The van der Waals surface area contributed by atoms with Gasteiger partial charge in [-0.2, -0.15) is 0 Å². The number of halogens is 2. The average Bonchev–Trinajstić information content (AvgIpc) is 3.04. The van der Waals surface area contributed by atoms with Crippen LogP contribution in [0.3, 0.4) is 0 Å². The van der Waals surface area contributed by atoms with E-state index in [0.29, 0.717) is 28.9 Å². The normalized spacial score (nSPS) is 17.6. The van der Waals surface area contributed by atoms with Gasteiger partial charge in [-0.3, -0.25) is 4.79 Å². The summed E-state index contributed by atoms with van der Waals surface area (Å²) in [5.74, 6) is 1.40. The van der Waals surface area contributed by atoms with Crippen molar-refractivity contribution >= 4 is 29.1 Å². The van der Waals surface area contributed by atoms with Gasteiger partial charge in [0.2, 0.25) is 5.91 Å². The maximum atomic E-state index is 12.7. The van der Waals surface area contributed by atoms with Crippen LogP contribution in [0.15, 0.2) is 30.6 Å². The SMILES string of the molecule is Cn1ccnc1C1CNCCN1C(=O)CCOc1cccc(Cl)c1Cl. The number of benzene rings is 1. The minimum atomic E-state index is -0.0731. The molecule has 1 aromatic heterocycles. The number of carbonyl (C=O) groups excluding carboxylic acids is 1. The Morgan fingerprint density at radius 1 is 1.44 bits per heavy atom. The quantitative estimate of drug-likeness (QED) is 0.863. The Morgan fingerprint density at radius 2 is 2.28 bits per heavy atom. The van der Waals surface area contributed by atoms with Crippen molar-refractivity contribution in [3.05, 3.63) is 46.5 Å². The zero-order valence-corrected chi connectivity index (χ0v) is 15.4. The van der Waals surface area contributed by atoms with Gasteiger partial charge in [-0.25, -0.2) is 4.98 Å². The predicted octanol–water partition coefficient (Wildman–Crippen LogP) is 2.67. The Kier molecular flexibility index (Phi) is 5.83. The minimum absolute atomic E-state index is 0.0349. The second-order valence-corrected chi connectivity index (χ2v) is 6.64. The summed E-state index contributed by atoms with van der Waals surface area (Å²) >= 11 is 12.1. The van der Waals surface area contributed by atoms with Crippen molar-refractivity contribution in [1.82, 2.24) is 19.8 Å². The smallest absolute Gasteiger partial charge is 0.226 e. The van der Waals surface area contributed by atoms with Gasteiger partial charge < -0.3 is 19.5 Å². The highest BCUT2D eigenvalue weighted by atomic mass is 35.5. The van der Waals surface area contributed by atoms with E-state index in [1.165, 1.54) is 0 Å². The van der Waals surface area contributed by atoms with Crippen LogP contribution in [-0.4, -0.2) is 46.6 Å². The van der Waals surface area contributed by atoms with E-state index in [4.69, 9.17) is 27.9 Å². The zero-order valence-electron chi connectivity index (χ0n) is 13.9. The first-order chi connectivity index (χ1) is 12.1. The van der Waals surface area contributed by atoms with Gasteiger partial charge in [0.05, 0.1) is 18.1 Å². The molecular formula is C17H20Cl2N4O2. The standard InChI is InChI=1S/C17H20Cl2N4O2/c1-22-8-7-21-17(22)13-11-20-6-9-23(13)15(24)5-10-25-14-4-2-3-12(18)16(14)19/h2-4,7-8,13,20H,5-6,9-11H2,1H3. The summed E-state index contributed by atoms with van der Waals surface area (Å²) in [6, 6.07) is 5.12. The molecule has 134 valence electrons. The van der Waals surface area contributed by atoms with Crippen LogP contribution in [-0.2, 0) is 11.8 Å². The van der Waals surface area contributed by atoms with Gasteiger partial charge in [-0.1, -0.05) is 29.3 Å². The van der Waals surface area contributed by atoms with Crippen LogP contribution < -0.4 is 10.1 Å². The molecule has 3 rings (SSSR count). The summed E-state index contributed by atoms with van der Waals surface area (Å²) in [5, 5.41) is 4.12. The molecule has 0 bridgehead atoms. The van der Waals surface area contributed by atoms with Crippen LogP contribution in [0.5, 0.6) is 5.75 Å². The van der Waals surface area contributed by atoms with Crippen molar-refractivity contribution in [2.75, 3.05) is 26.2 Å². The first kappa shape index (κ1) is 18.0. The molecule has 0 saturated carbocycles. The van der Waals surface area contributed by atoms with Crippen LogP contribution in [0, 0.1) is 0 Å². The monoisotopic (exact) mass is 382 g/mol. The molecule has 0 aliphatic carbocycles. The number of hydrogen-bond donors (Lipinski definition) is 1. The van der Waals surface area contributed by atoms with E-state index in [1.807, 2.05) is 22.7 Å². The number of rotatable bonds is 5. The van der Waals surface area contributed by atoms with E-state index in [9.17, 15) is 4.79 Å². The van der Waals surface area contributed by atoms with Crippen molar-refractivity contribution in [2.45, 2.75) is 12.5 Å². The summed E-state index contributed by atoms with van der Waals surface area (Å²) in [6.07, 6.45) is 3.90. The fourth-order valence-corrected chi connectivity index (χ4v) is 3.27. The number of ether oxygens (including phenoxy) is 1. The molecule has 0 radical (unpaired) electrons. The lowest BCUT2D eigenvalue weighted by Crippen LogP contribution is -2.49. The molecule has 0 spiro atoms. The molecule has 1 N–H and O–H groups in total. The number of hydrogen-bond acceptors (Lipinski definition) is 4. The summed E-state index contributed by atoms with van der Waals surface area (Å²) < 4.78 is 7.57. The molecule has 1 unspecified atom stereocenters. The molecule has 1 aliphatic heterocycles. The number of piperazine rings is 1. The Balaban J connectivity index is 1.61. The molecule has 1 atom stereocenters. The molecule has 25 heavy (non-hydrogen) atoms. The van der Waals surface area contributed by atoms with E-state index in [1.54, 1.807) is 24.4 Å². The Labute approximate surface area is 156 Å². The largest absolute Gasteiger partial charge is 0.491 e. The third-order valence-electron chi connectivity index (χ3n) is 4.21. The fourth-order valence-electron chi connectivity index (χ4n) is 2.92. The Bertz CT molecular complexity index is 750. The van der Waals surface area contributed by atoms with Crippen molar-refractivity contribution < 1.29 is 9.53 Å². The molecule has 1 aliphatic rings. The molecule has 6 nitrogen and oxygen atoms in total. The molecule has 1 aromatic carbocycles. The molecular weight excluding hydrogens is 363 g/mol. The van der Waals surface area contributed by atoms with Gasteiger partial charge in [-0.05, 0) is 12.1 Å². The maximum Gasteiger partial charge on any atom is 0.226 e. The Morgan fingerprint density at radius 3 is 3.04 bits per heavy atom. The zero-order chi connectivity index (χ0) is 17.8. The number of amides is 1. The number of nitrogens with zero attached hydrogens (tertiary/aromatic N) is 3. The molecule has 1 amide bonds. The first-order valence-corrected chi connectivity index (χ1v) is 8.87. The van der Waals surface area contributed by atoms with Gasteiger partial charge in [-0.15, -0.1) is 0 Å². The second kappa shape index (κ2) is 8.08. The summed E-state index contributed by atoms with van der Waals surface area (Å²) in [5.41, 5.74) is 0. The lowest BCUT2D eigenvalue weighted by molar-refractivity contribution is -0.135. The molecule has 2 heterocycles. The van der Waals surface area contributed by atoms with E-state index in [0.717, 1.165) is 12.4 Å². The topological polar surface area (TPSA) is 59.4 Å². The number of imidazole rings is 1. The van der Waals surface area contributed by atoms with E-state index < -0.39 is 0 Å².